The van der Waals surface area contributed by atoms with Gasteiger partial charge in [0, 0.05) is 18.3 Å². The summed E-state index contributed by atoms with van der Waals surface area (Å²) in [6.45, 7) is 15.8. The molecule has 0 bridgehead atoms. The molecular weight excluding hydrogens is 495 g/mol. The van der Waals surface area contributed by atoms with E-state index in [2.05, 4.69) is 19.7 Å². The zero-order chi connectivity index (χ0) is 28.7. The SMILES string of the molecule is C=C(C)C(=O)OCCOc1cc(-c2ccc(OC(=O)C(=C)C)c(F)c2)ccc1OCCOC.C=C(C)C=O. The second kappa shape index (κ2) is 16.5. The Hall–Kier alpha value is -4.24. The lowest BCUT2D eigenvalue weighted by atomic mass is 10.0. The molecule has 0 radical (unpaired) electrons. The molecule has 0 N–H and O–H groups in total. The van der Waals surface area contributed by atoms with E-state index in [0.717, 1.165) is 6.29 Å². The molecule has 38 heavy (non-hydrogen) atoms. The largest absolute Gasteiger partial charge is 0.487 e. The van der Waals surface area contributed by atoms with E-state index in [1.54, 1.807) is 45.2 Å². The van der Waals surface area contributed by atoms with Gasteiger partial charge in [-0.1, -0.05) is 31.9 Å². The lowest BCUT2D eigenvalue weighted by Gasteiger charge is -2.15. The number of hydrogen-bond donors (Lipinski definition) is 0. The van der Waals surface area contributed by atoms with Crippen LogP contribution in [0.15, 0.2) is 72.9 Å². The van der Waals surface area contributed by atoms with Crippen LogP contribution >= 0.6 is 0 Å². The molecule has 0 atom stereocenters. The summed E-state index contributed by atoms with van der Waals surface area (Å²) >= 11 is 0. The van der Waals surface area contributed by atoms with Gasteiger partial charge in [0.1, 0.15) is 26.1 Å². The van der Waals surface area contributed by atoms with Gasteiger partial charge in [0.25, 0.3) is 0 Å². The monoisotopic (exact) mass is 528 g/mol. The molecule has 0 saturated carbocycles. The van der Waals surface area contributed by atoms with Gasteiger partial charge >= 0.3 is 11.9 Å². The van der Waals surface area contributed by atoms with Crippen molar-refractivity contribution in [2.24, 2.45) is 0 Å². The Morgan fingerprint density at radius 2 is 1.32 bits per heavy atom. The lowest BCUT2D eigenvalue weighted by molar-refractivity contribution is -0.139. The Morgan fingerprint density at radius 3 is 1.84 bits per heavy atom. The number of methoxy groups -OCH3 is 1. The summed E-state index contributed by atoms with van der Waals surface area (Å²) in [6, 6.07) is 9.34. The maximum Gasteiger partial charge on any atom is 0.338 e. The maximum absolute atomic E-state index is 14.5. The van der Waals surface area contributed by atoms with Crippen molar-refractivity contribution < 1.29 is 42.5 Å². The van der Waals surface area contributed by atoms with E-state index < -0.39 is 17.8 Å². The third-order valence-electron chi connectivity index (χ3n) is 4.43. The Morgan fingerprint density at radius 1 is 0.789 bits per heavy atom. The molecule has 2 rings (SSSR count). The molecule has 2 aromatic carbocycles. The lowest BCUT2D eigenvalue weighted by Crippen LogP contribution is -2.13. The molecule has 0 saturated heterocycles. The fraction of sp³-hybridized carbons (Fsp3) is 0.276. The van der Waals surface area contributed by atoms with Crippen LogP contribution in [0.1, 0.15) is 20.8 Å². The quantitative estimate of drug-likeness (QED) is 0.114. The van der Waals surface area contributed by atoms with Crippen LogP contribution in [0.3, 0.4) is 0 Å². The first-order chi connectivity index (χ1) is 18.0. The topological polar surface area (TPSA) is 97.4 Å². The van der Waals surface area contributed by atoms with E-state index in [1.165, 1.54) is 19.1 Å². The summed E-state index contributed by atoms with van der Waals surface area (Å²) in [7, 11) is 1.56. The highest BCUT2D eigenvalue weighted by Gasteiger charge is 2.14. The first-order valence-corrected chi connectivity index (χ1v) is 11.5. The summed E-state index contributed by atoms with van der Waals surface area (Å²) in [6.07, 6.45) is 0.722. The van der Waals surface area contributed by atoms with Crippen molar-refractivity contribution in [3.05, 3.63) is 78.7 Å². The number of hydrogen-bond acceptors (Lipinski definition) is 8. The summed E-state index contributed by atoms with van der Waals surface area (Å²) in [4.78, 5) is 32.6. The summed E-state index contributed by atoms with van der Waals surface area (Å²) in [5.74, 6) is -1.27. The number of ether oxygens (including phenoxy) is 5. The van der Waals surface area contributed by atoms with Crippen LogP contribution in [0, 0.1) is 5.82 Å². The average Bonchev–Trinajstić information content (AvgIpc) is 2.88. The molecule has 0 amide bonds. The second-order valence-electron chi connectivity index (χ2n) is 8.05. The van der Waals surface area contributed by atoms with E-state index in [4.69, 9.17) is 23.7 Å². The van der Waals surface area contributed by atoms with Crippen molar-refractivity contribution in [3.8, 4) is 28.4 Å². The molecule has 2 aromatic rings. The minimum atomic E-state index is -0.706. The Balaban J connectivity index is 0.00000132. The highest BCUT2D eigenvalue weighted by Crippen LogP contribution is 2.34. The predicted octanol–water partition coefficient (Wildman–Crippen LogP) is 5.26. The number of rotatable bonds is 13. The van der Waals surface area contributed by atoms with Crippen molar-refractivity contribution >= 4 is 18.2 Å². The molecule has 0 aromatic heterocycles. The molecule has 0 heterocycles. The van der Waals surface area contributed by atoms with Crippen LogP contribution in [0.5, 0.6) is 17.2 Å². The first kappa shape index (κ1) is 31.8. The highest BCUT2D eigenvalue weighted by atomic mass is 19.1. The maximum atomic E-state index is 14.5. The Bertz CT molecular complexity index is 1170. The first-order valence-electron chi connectivity index (χ1n) is 11.5. The number of carbonyl (C=O) groups excluding carboxylic acids is 3. The second-order valence-corrected chi connectivity index (χ2v) is 8.05. The molecule has 0 aliphatic rings. The molecule has 0 aliphatic heterocycles. The molecule has 9 heteroatoms. The summed E-state index contributed by atoms with van der Waals surface area (Å²) in [5.41, 5.74) is 2.20. The van der Waals surface area contributed by atoms with Crippen LogP contribution in [0.2, 0.25) is 0 Å². The van der Waals surface area contributed by atoms with Crippen LogP contribution in [0.25, 0.3) is 11.1 Å². The van der Waals surface area contributed by atoms with Gasteiger partial charge < -0.3 is 23.7 Å². The van der Waals surface area contributed by atoms with Crippen LogP contribution in [0.4, 0.5) is 4.39 Å². The average molecular weight is 529 g/mol. The zero-order valence-electron chi connectivity index (χ0n) is 22.1. The van der Waals surface area contributed by atoms with E-state index in [1.807, 2.05) is 0 Å². The number of esters is 2. The molecule has 0 aliphatic carbocycles. The summed E-state index contributed by atoms with van der Waals surface area (Å²) < 4.78 is 40.9. The normalized spacial score (nSPS) is 9.82. The minimum absolute atomic E-state index is 0.0187. The van der Waals surface area contributed by atoms with Gasteiger partial charge in [-0.05, 0) is 61.7 Å². The minimum Gasteiger partial charge on any atom is -0.487 e. The van der Waals surface area contributed by atoms with Gasteiger partial charge in [-0.2, -0.15) is 0 Å². The van der Waals surface area contributed by atoms with Gasteiger partial charge in [0.05, 0.1) is 6.61 Å². The van der Waals surface area contributed by atoms with Crippen molar-refractivity contribution in [3.63, 3.8) is 0 Å². The standard InChI is InChI=1S/C25H27FO7.C4H6O/c1-16(2)24(27)32-13-12-31-23-15-19(7-9-22(23)30-11-10-29-5)18-6-8-21(20(26)14-18)33-25(28)17(3)4;1-4(2)3-5/h6-9,14-15H,1,3,10-13H2,2,4-5H3;3H,1H2,2H3. The fourth-order valence-electron chi connectivity index (χ4n) is 2.51. The van der Waals surface area contributed by atoms with Crippen molar-refractivity contribution in [1.82, 2.24) is 0 Å². The van der Waals surface area contributed by atoms with Gasteiger partial charge in [-0.25, -0.2) is 14.0 Å². The molecule has 8 nitrogen and oxygen atoms in total. The van der Waals surface area contributed by atoms with Crippen molar-refractivity contribution in [2.75, 3.05) is 33.5 Å². The third kappa shape index (κ3) is 11.2. The molecule has 0 unspecified atom stereocenters. The van der Waals surface area contributed by atoms with Gasteiger partial charge in [0.2, 0.25) is 0 Å². The smallest absolute Gasteiger partial charge is 0.338 e. The Kier molecular flexibility index (Phi) is 13.8. The van der Waals surface area contributed by atoms with Crippen molar-refractivity contribution in [2.45, 2.75) is 20.8 Å². The molecule has 0 fully saturated rings. The number of benzene rings is 2. The number of allylic oxidation sites excluding steroid dienone is 1. The van der Waals surface area contributed by atoms with Crippen LogP contribution in [-0.4, -0.2) is 51.8 Å². The molecular formula is C29H33FO8. The highest BCUT2D eigenvalue weighted by molar-refractivity contribution is 5.89. The van der Waals surface area contributed by atoms with E-state index in [0.29, 0.717) is 47.0 Å². The summed E-state index contributed by atoms with van der Waals surface area (Å²) in [5, 5.41) is 0. The van der Waals surface area contributed by atoms with Gasteiger partial charge in [-0.15, -0.1) is 0 Å². The van der Waals surface area contributed by atoms with E-state index in [-0.39, 0.29) is 24.5 Å². The molecule has 204 valence electrons. The Labute approximate surface area is 222 Å². The number of halogens is 1. The molecule has 0 spiro atoms. The van der Waals surface area contributed by atoms with Crippen LogP contribution < -0.4 is 14.2 Å². The van der Waals surface area contributed by atoms with Gasteiger partial charge in [0.15, 0.2) is 23.1 Å². The third-order valence-corrected chi connectivity index (χ3v) is 4.43. The fourth-order valence-corrected chi connectivity index (χ4v) is 2.51. The predicted molar refractivity (Wildman–Crippen MR) is 142 cm³/mol. The van der Waals surface area contributed by atoms with Crippen molar-refractivity contribution in [1.29, 1.82) is 0 Å². The van der Waals surface area contributed by atoms with Gasteiger partial charge in [-0.3, -0.25) is 4.79 Å². The number of carbonyl (C=O) groups is 3. The van der Waals surface area contributed by atoms with E-state index in [9.17, 15) is 18.8 Å². The number of aldehydes is 1. The zero-order valence-corrected chi connectivity index (χ0v) is 22.1. The van der Waals surface area contributed by atoms with Crippen LogP contribution in [-0.2, 0) is 23.9 Å². The van der Waals surface area contributed by atoms with E-state index >= 15 is 0 Å².